The van der Waals surface area contributed by atoms with Gasteiger partial charge in [0.25, 0.3) is 20.0 Å². The number of fused-ring (bicyclic) bond motifs is 1. The molecule has 0 spiro atoms. The predicted octanol–water partition coefficient (Wildman–Crippen LogP) is 5.29. The van der Waals surface area contributed by atoms with Crippen LogP contribution in [-0.4, -0.2) is 35.2 Å². The van der Waals surface area contributed by atoms with Crippen molar-refractivity contribution in [2.75, 3.05) is 16.1 Å². The molecule has 0 aliphatic heterocycles. The monoisotopic (exact) mass is 594 g/mol. The number of ether oxygens (including phenoxy) is 1. The van der Waals surface area contributed by atoms with E-state index in [4.69, 9.17) is 4.74 Å². The van der Waals surface area contributed by atoms with E-state index in [2.05, 4.69) is 9.44 Å². The van der Waals surface area contributed by atoms with E-state index >= 15 is 0 Å². The minimum Gasteiger partial charge on any atom is -0.465 e. The first kappa shape index (κ1) is 29.8. The largest absolute Gasteiger partial charge is 0.465 e. The van der Waals surface area contributed by atoms with Gasteiger partial charge in [0.05, 0.1) is 27.8 Å². The van der Waals surface area contributed by atoms with Crippen molar-refractivity contribution in [3.05, 3.63) is 95.6 Å². The van der Waals surface area contributed by atoms with Gasteiger partial charge in [-0.3, -0.25) is 19.0 Å². The summed E-state index contributed by atoms with van der Waals surface area (Å²) in [6, 6.07) is 20.2. The minimum atomic E-state index is -4.19. The summed E-state index contributed by atoms with van der Waals surface area (Å²) in [6.07, 6.45) is 0. The number of hydrogen-bond donors (Lipinski definition) is 2. The number of benzene rings is 4. The number of carbonyl (C=O) groups is 2. The number of carbonyl (C=O) groups excluding carboxylic acids is 2. The molecular formula is C30H30N2O7S2. The lowest BCUT2D eigenvalue weighted by atomic mass is 9.90. The lowest BCUT2D eigenvalue weighted by molar-refractivity contribution is -0.147. The normalized spacial score (nSPS) is 12.5. The van der Waals surface area contributed by atoms with Crippen LogP contribution in [0.25, 0.3) is 10.8 Å². The lowest BCUT2D eigenvalue weighted by Crippen LogP contribution is -2.25. The van der Waals surface area contributed by atoms with E-state index in [-0.39, 0.29) is 38.7 Å². The van der Waals surface area contributed by atoms with E-state index in [9.17, 15) is 26.4 Å². The third-order valence-corrected chi connectivity index (χ3v) is 9.21. The van der Waals surface area contributed by atoms with E-state index in [0.717, 1.165) is 11.1 Å². The SMILES string of the molecule is CCOC(=O)[C@H](C(C)=O)c1cc(NS(=O)(=O)c2ccc(C)cc2)c2ccccc2c1NS(=O)(=O)c1ccc(C)cc1. The van der Waals surface area contributed by atoms with Crippen LogP contribution in [0.2, 0.25) is 0 Å². The molecule has 2 N–H and O–H groups in total. The molecule has 0 aliphatic carbocycles. The summed E-state index contributed by atoms with van der Waals surface area (Å²) in [5.41, 5.74) is 1.71. The molecule has 4 rings (SSSR count). The molecule has 1 atom stereocenters. The highest BCUT2D eigenvalue weighted by Crippen LogP contribution is 2.40. The Morgan fingerprint density at radius 2 is 1.24 bits per heavy atom. The molecule has 0 saturated carbocycles. The van der Waals surface area contributed by atoms with Crippen LogP contribution < -0.4 is 9.44 Å². The molecule has 214 valence electrons. The van der Waals surface area contributed by atoms with Crippen LogP contribution in [0, 0.1) is 13.8 Å². The molecule has 0 aliphatic rings. The quantitative estimate of drug-likeness (QED) is 0.188. The van der Waals surface area contributed by atoms with Gasteiger partial charge in [0, 0.05) is 16.3 Å². The Hall–Kier alpha value is -4.22. The van der Waals surface area contributed by atoms with Gasteiger partial charge in [0.2, 0.25) is 0 Å². The van der Waals surface area contributed by atoms with Gasteiger partial charge in [-0.05, 0) is 58.0 Å². The van der Waals surface area contributed by atoms with Crippen LogP contribution in [0.5, 0.6) is 0 Å². The first-order valence-corrected chi connectivity index (χ1v) is 15.7. The maximum atomic E-state index is 13.5. The van der Waals surface area contributed by atoms with Crippen molar-refractivity contribution in [3.8, 4) is 0 Å². The third kappa shape index (κ3) is 6.41. The Kier molecular flexibility index (Phi) is 8.50. The summed E-state index contributed by atoms with van der Waals surface area (Å²) >= 11 is 0. The second-order valence-corrected chi connectivity index (χ2v) is 12.9. The summed E-state index contributed by atoms with van der Waals surface area (Å²) in [4.78, 5) is 25.9. The highest BCUT2D eigenvalue weighted by atomic mass is 32.2. The average Bonchev–Trinajstić information content (AvgIpc) is 2.91. The van der Waals surface area contributed by atoms with Gasteiger partial charge in [-0.15, -0.1) is 0 Å². The van der Waals surface area contributed by atoms with Crippen LogP contribution in [0.4, 0.5) is 11.4 Å². The molecule has 0 unspecified atom stereocenters. The molecular weight excluding hydrogens is 564 g/mol. The van der Waals surface area contributed by atoms with Gasteiger partial charge in [0.1, 0.15) is 11.7 Å². The van der Waals surface area contributed by atoms with Crippen LogP contribution in [0.1, 0.15) is 36.5 Å². The Bertz CT molecular complexity index is 1830. The second-order valence-electron chi connectivity index (χ2n) is 9.57. The van der Waals surface area contributed by atoms with E-state index in [0.29, 0.717) is 5.39 Å². The Balaban J connectivity index is 1.98. The summed E-state index contributed by atoms with van der Waals surface area (Å²) < 4.78 is 64.0. The van der Waals surface area contributed by atoms with E-state index < -0.39 is 37.7 Å². The number of sulfonamides is 2. The number of anilines is 2. The van der Waals surface area contributed by atoms with Gasteiger partial charge in [0.15, 0.2) is 0 Å². The second kappa shape index (κ2) is 11.7. The number of ketones is 1. The Morgan fingerprint density at radius 1 is 0.756 bits per heavy atom. The fourth-order valence-corrected chi connectivity index (χ4v) is 6.57. The van der Waals surface area contributed by atoms with Crippen molar-refractivity contribution >= 4 is 53.9 Å². The van der Waals surface area contributed by atoms with Crippen molar-refractivity contribution in [1.82, 2.24) is 0 Å². The number of Topliss-reactive ketones (excluding diaryl/α,β-unsaturated/α-hetero) is 1. The zero-order chi connectivity index (χ0) is 29.9. The van der Waals surface area contributed by atoms with Crippen molar-refractivity contribution in [2.45, 2.75) is 43.4 Å². The molecule has 0 radical (unpaired) electrons. The zero-order valence-electron chi connectivity index (χ0n) is 23.0. The number of rotatable bonds is 10. The molecule has 0 bridgehead atoms. The van der Waals surface area contributed by atoms with Crippen molar-refractivity contribution in [3.63, 3.8) is 0 Å². The Labute approximate surface area is 239 Å². The fourth-order valence-electron chi connectivity index (χ4n) is 4.39. The predicted molar refractivity (Wildman–Crippen MR) is 158 cm³/mol. The lowest BCUT2D eigenvalue weighted by Gasteiger charge is -2.22. The molecule has 0 saturated heterocycles. The minimum absolute atomic E-state index is 0.00592. The van der Waals surface area contributed by atoms with E-state index in [1.807, 2.05) is 13.8 Å². The Morgan fingerprint density at radius 3 is 1.73 bits per heavy atom. The molecule has 0 fully saturated rings. The number of esters is 1. The molecule has 4 aromatic carbocycles. The maximum Gasteiger partial charge on any atom is 0.321 e. The summed E-state index contributed by atoms with van der Waals surface area (Å²) in [5, 5.41) is 0.623. The number of nitrogens with one attached hydrogen (secondary N) is 2. The number of aryl methyl sites for hydroxylation is 2. The maximum absolute atomic E-state index is 13.5. The third-order valence-electron chi connectivity index (χ3n) is 6.46. The molecule has 0 aromatic heterocycles. The van der Waals surface area contributed by atoms with Gasteiger partial charge in [-0.1, -0.05) is 59.7 Å². The number of hydrogen-bond acceptors (Lipinski definition) is 7. The van der Waals surface area contributed by atoms with Crippen molar-refractivity contribution < 1.29 is 31.2 Å². The standard InChI is InChI=1S/C30H30N2O7S2/c1-5-39-30(34)28(21(4)33)26-18-27(31-40(35,36)22-14-10-19(2)11-15-22)24-8-6-7-9-25(24)29(26)32-41(37,38)23-16-12-20(3)13-17-23/h6-18,28,31-32H,5H2,1-4H3/t28-/m1/s1. The van der Waals surface area contributed by atoms with Crippen molar-refractivity contribution in [1.29, 1.82) is 0 Å². The van der Waals surface area contributed by atoms with Crippen LogP contribution in [0.15, 0.2) is 88.7 Å². The summed E-state index contributed by atoms with van der Waals surface area (Å²) in [6.45, 7) is 6.40. The average molecular weight is 595 g/mol. The van der Waals surface area contributed by atoms with Gasteiger partial charge >= 0.3 is 5.97 Å². The highest BCUT2D eigenvalue weighted by molar-refractivity contribution is 7.93. The van der Waals surface area contributed by atoms with E-state index in [1.54, 1.807) is 55.5 Å². The van der Waals surface area contributed by atoms with Gasteiger partial charge in [-0.25, -0.2) is 16.8 Å². The van der Waals surface area contributed by atoms with Crippen LogP contribution in [0.3, 0.4) is 0 Å². The topological polar surface area (TPSA) is 136 Å². The smallest absolute Gasteiger partial charge is 0.321 e. The highest BCUT2D eigenvalue weighted by Gasteiger charge is 2.33. The van der Waals surface area contributed by atoms with Crippen LogP contribution >= 0.6 is 0 Å². The molecule has 4 aromatic rings. The zero-order valence-corrected chi connectivity index (χ0v) is 24.6. The van der Waals surface area contributed by atoms with Crippen molar-refractivity contribution in [2.24, 2.45) is 0 Å². The van der Waals surface area contributed by atoms with Crippen LogP contribution in [-0.2, 0) is 34.4 Å². The fraction of sp³-hybridized carbons (Fsp3) is 0.200. The first-order chi connectivity index (χ1) is 19.3. The molecule has 9 nitrogen and oxygen atoms in total. The van der Waals surface area contributed by atoms with E-state index in [1.165, 1.54) is 37.3 Å². The summed E-state index contributed by atoms with van der Waals surface area (Å²) in [7, 11) is -8.29. The van der Waals surface area contributed by atoms with Gasteiger partial charge in [-0.2, -0.15) is 0 Å². The first-order valence-electron chi connectivity index (χ1n) is 12.8. The molecule has 0 amide bonds. The molecule has 41 heavy (non-hydrogen) atoms. The summed E-state index contributed by atoms with van der Waals surface area (Å²) in [5.74, 6) is -3.03. The van der Waals surface area contributed by atoms with Gasteiger partial charge < -0.3 is 4.74 Å². The molecule has 0 heterocycles. The molecule has 11 heteroatoms.